The Labute approximate surface area is 121 Å². The molecule has 0 saturated heterocycles. The second-order valence-electron chi connectivity index (χ2n) is 5.25. The minimum absolute atomic E-state index is 0.598. The molecular formula is C16H24N4. The molecule has 0 bridgehead atoms. The van der Waals surface area contributed by atoms with Crippen molar-refractivity contribution in [2.75, 3.05) is 25.9 Å². The summed E-state index contributed by atoms with van der Waals surface area (Å²) in [5.41, 5.74) is 7.01. The van der Waals surface area contributed by atoms with Crippen LogP contribution < -0.4 is 5.73 Å². The Morgan fingerprint density at radius 3 is 2.55 bits per heavy atom. The first kappa shape index (κ1) is 14.6. The summed E-state index contributed by atoms with van der Waals surface area (Å²) in [4.78, 5) is 2.38. The molecule has 2 rings (SSSR count). The van der Waals surface area contributed by atoms with E-state index in [1.807, 2.05) is 16.9 Å². The lowest BCUT2D eigenvalue weighted by Gasteiger charge is -2.16. The van der Waals surface area contributed by atoms with Crippen LogP contribution in [0.3, 0.4) is 0 Å². The third-order valence-electron chi connectivity index (χ3n) is 3.44. The minimum atomic E-state index is 0.598. The number of nitrogen functional groups attached to an aromatic ring is 1. The molecule has 1 heterocycles. The molecule has 0 aliphatic carbocycles. The number of hydrogen-bond acceptors (Lipinski definition) is 3. The molecule has 0 aliphatic rings. The normalized spacial score (nSPS) is 11.1. The quantitative estimate of drug-likeness (QED) is 0.803. The number of nitrogens with two attached hydrogens (primary N) is 1. The fraction of sp³-hybridized carbons (Fsp3) is 0.438. The van der Waals surface area contributed by atoms with E-state index in [1.165, 1.54) is 12.0 Å². The molecule has 0 spiro atoms. The molecule has 0 unspecified atom stereocenters. The van der Waals surface area contributed by atoms with Crippen molar-refractivity contribution < 1.29 is 0 Å². The van der Waals surface area contributed by atoms with E-state index in [4.69, 9.17) is 5.73 Å². The van der Waals surface area contributed by atoms with Gasteiger partial charge in [-0.25, -0.2) is 0 Å². The molecule has 20 heavy (non-hydrogen) atoms. The summed E-state index contributed by atoms with van der Waals surface area (Å²) in [5, 5.41) is 4.19. The van der Waals surface area contributed by atoms with Crippen LogP contribution in [0.25, 0.3) is 0 Å². The lowest BCUT2D eigenvalue weighted by molar-refractivity contribution is 0.314. The number of aromatic nitrogens is 2. The highest BCUT2D eigenvalue weighted by Crippen LogP contribution is 2.03. The Kier molecular flexibility index (Phi) is 5.62. The molecule has 4 heteroatoms. The van der Waals surface area contributed by atoms with Crippen LogP contribution in [0.5, 0.6) is 0 Å². The Morgan fingerprint density at radius 2 is 1.85 bits per heavy atom. The fourth-order valence-electron chi connectivity index (χ4n) is 2.31. The van der Waals surface area contributed by atoms with Gasteiger partial charge in [0, 0.05) is 12.7 Å². The molecule has 0 aliphatic heterocycles. The molecule has 2 aromatic rings. The fourth-order valence-corrected chi connectivity index (χ4v) is 2.31. The van der Waals surface area contributed by atoms with Gasteiger partial charge >= 0.3 is 0 Å². The van der Waals surface area contributed by atoms with Crippen LogP contribution in [-0.2, 0) is 13.0 Å². The maximum Gasteiger partial charge on any atom is 0.145 e. The molecule has 1 aromatic heterocycles. The van der Waals surface area contributed by atoms with Crippen LogP contribution in [0.15, 0.2) is 42.6 Å². The summed E-state index contributed by atoms with van der Waals surface area (Å²) in [7, 11) is 2.18. The number of hydrogen-bond donors (Lipinski definition) is 1. The molecule has 4 nitrogen and oxygen atoms in total. The first-order valence-electron chi connectivity index (χ1n) is 7.25. The third kappa shape index (κ3) is 5.05. The van der Waals surface area contributed by atoms with Crippen LogP contribution in [0.2, 0.25) is 0 Å². The molecule has 0 fully saturated rings. The topological polar surface area (TPSA) is 47.1 Å². The smallest absolute Gasteiger partial charge is 0.145 e. The highest BCUT2D eigenvalue weighted by Gasteiger charge is 2.00. The summed E-state index contributed by atoms with van der Waals surface area (Å²) < 4.78 is 1.91. The van der Waals surface area contributed by atoms with Crippen LogP contribution in [0.1, 0.15) is 18.4 Å². The van der Waals surface area contributed by atoms with E-state index in [0.717, 1.165) is 32.5 Å². The van der Waals surface area contributed by atoms with Gasteiger partial charge in [-0.15, -0.1) is 0 Å². The van der Waals surface area contributed by atoms with E-state index in [0.29, 0.717) is 5.82 Å². The number of anilines is 1. The van der Waals surface area contributed by atoms with Crippen LogP contribution >= 0.6 is 0 Å². The Morgan fingerprint density at radius 1 is 1.10 bits per heavy atom. The van der Waals surface area contributed by atoms with E-state index in [1.54, 1.807) is 0 Å². The van der Waals surface area contributed by atoms with E-state index >= 15 is 0 Å². The van der Waals surface area contributed by atoms with Gasteiger partial charge in [-0.2, -0.15) is 5.10 Å². The Balaban J connectivity index is 1.57. The number of aryl methyl sites for hydroxylation is 2. The van der Waals surface area contributed by atoms with Crippen LogP contribution in [-0.4, -0.2) is 34.8 Å². The zero-order valence-corrected chi connectivity index (χ0v) is 12.2. The van der Waals surface area contributed by atoms with Crippen molar-refractivity contribution in [3.05, 3.63) is 48.2 Å². The van der Waals surface area contributed by atoms with Gasteiger partial charge in [0.2, 0.25) is 0 Å². The average Bonchev–Trinajstić information content (AvgIpc) is 2.86. The number of nitrogens with zero attached hydrogens (tertiary/aromatic N) is 3. The molecule has 2 N–H and O–H groups in total. The summed E-state index contributed by atoms with van der Waals surface area (Å²) in [6, 6.07) is 12.5. The second kappa shape index (κ2) is 7.70. The molecule has 108 valence electrons. The van der Waals surface area contributed by atoms with Gasteiger partial charge in [-0.3, -0.25) is 4.68 Å². The van der Waals surface area contributed by atoms with Gasteiger partial charge in [0.1, 0.15) is 5.82 Å². The minimum Gasteiger partial charge on any atom is -0.382 e. The average molecular weight is 272 g/mol. The van der Waals surface area contributed by atoms with Crippen molar-refractivity contribution in [2.45, 2.75) is 25.8 Å². The lowest BCUT2D eigenvalue weighted by atomic mass is 10.1. The highest BCUT2D eigenvalue weighted by molar-refractivity contribution is 5.23. The molecule has 0 radical (unpaired) electrons. The Bertz CT molecular complexity index is 492. The van der Waals surface area contributed by atoms with Crippen molar-refractivity contribution in [1.29, 1.82) is 0 Å². The summed E-state index contributed by atoms with van der Waals surface area (Å²) in [6.07, 6.45) is 5.39. The SMILES string of the molecule is CN(CCCc1ccccc1)CCCn1ccc(N)n1. The van der Waals surface area contributed by atoms with Gasteiger partial charge in [0.05, 0.1) is 0 Å². The first-order valence-corrected chi connectivity index (χ1v) is 7.25. The first-order chi connectivity index (χ1) is 9.74. The zero-order chi connectivity index (χ0) is 14.2. The summed E-state index contributed by atoms with van der Waals surface area (Å²) in [6.45, 7) is 3.16. The predicted octanol–water partition coefficient (Wildman–Crippen LogP) is 2.42. The maximum atomic E-state index is 5.59. The molecule has 0 amide bonds. The van der Waals surface area contributed by atoms with Crippen molar-refractivity contribution >= 4 is 5.82 Å². The van der Waals surface area contributed by atoms with E-state index in [9.17, 15) is 0 Å². The maximum absolute atomic E-state index is 5.59. The zero-order valence-electron chi connectivity index (χ0n) is 12.2. The van der Waals surface area contributed by atoms with Gasteiger partial charge in [-0.1, -0.05) is 30.3 Å². The Hall–Kier alpha value is -1.81. The van der Waals surface area contributed by atoms with Crippen molar-refractivity contribution in [1.82, 2.24) is 14.7 Å². The molecule has 1 aromatic carbocycles. The van der Waals surface area contributed by atoms with Crippen LogP contribution in [0.4, 0.5) is 5.82 Å². The van der Waals surface area contributed by atoms with E-state index in [-0.39, 0.29) is 0 Å². The standard InChI is InChI=1S/C16H24N4/c1-19(11-5-9-15-7-3-2-4-8-15)12-6-13-20-14-10-16(17)18-20/h2-4,7-8,10,14H,5-6,9,11-13H2,1H3,(H2,17,18). The van der Waals surface area contributed by atoms with Crippen molar-refractivity contribution in [3.8, 4) is 0 Å². The van der Waals surface area contributed by atoms with Gasteiger partial charge in [-0.05, 0) is 51.0 Å². The number of rotatable bonds is 8. The third-order valence-corrected chi connectivity index (χ3v) is 3.44. The van der Waals surface area contributed by atoms with Gasteiger partial charge < -0.3 is 10.6 Å². The van der Waals surface area contributed by atoms with Gasteiger partial charge in [0.25, 0.3) is 0 Å². The van der Waals surface area contributed by atoms with E-state index < -0.39 is 0 Å². The second-order valence-corrected chi connectivity index (χ2v) is 5.25. The molecular weight excluding hydrogens is 248 g/mol. The number of benzene rings is 1. The van der Waals surface area contributed by atoms with Crippen molar-refractivity contribution in [2.24, 2.45) is 0 Å². The summed E-state index contributed by atoms with van der Waals surface area (Å²) >= 11 is 0. The molecule has 0 saturated carbocycles. The lowest BCUT2D eigenvalue weighted by Crippen LogP contribution is -2.22. The van der Waals surface area contributed by atoms with Gasteiger partial charge in [0.15, 0.2) is 0 Å². The predicted molar refractivity (Wildman–Crippen MR) is 83.5 cm³/mol. The summed E-state index contributed by atoms with van der Waals surface area (Å²) in [5.74, 6) is 0.598. The van der Waals surface area contributed by atoms with Crippen molar-refractivity contribution in [3.63, 3.8) is 0 Å². The van der Waals surface area contributed by atoms with E-state index in [2.05, 4.69) is 47.4 Å². The highest BCUT2D eigenvalue weighted by atomic mass is 15.3. The molecule has 0 atom stereocenters. The largest absolute Gasteiger partial charge is 0.382 e. The van der Waals surface area contributed by atoms with Crippen LogP contribution in [0, 0.1) is 0 Å². The monoisotopic (exact) mass is 272 g/mol.